The van der Waals surface area contributed by atoms with Crippen LogP contribution in [0.15, 0.2) is 23.2 Å². The summed E-state index contributed by atoms with van der Waals surface area (Å²) < 4.78 is 11.4. The molecule has 134 valence electrons. The van der Waals surface area contributed by atoms with Crippen LogP contribution in [-0.2, 0) is 11.3 Å². The second kappa shape index (κ2) is 10.2. The van der Waals surface area contributed by atoms with Crippen molar-refractivity contribution in [2.45, 2.75) is 52.7 Å². The molecule has 0 bridgehead atoms. The van der Waals surface area contributed by atoms with Crippen LogP contribution in [0.1, 0.15) is 44.2 Å². The molecule has 1 aliphatic heterocycles. The summed E-state index contributed by atoms with van der Waals surface area (Å²) in [6.45, 7) is 10.1. The summed E-state index contributed by atoms with van der Waals surface area (Å²) in [5.74, 6) is 1.77. The molecule has 0 radical (unpaired) electrons. The Morgan fingerprint density at radius 3 is 2.92 bits per heavy atom. The van der Waals surface area contributed by atoms with Crippen LogP contribution in [-0.4, -0.2) is 38.4 Å². The van der Waals surface area contributed by atoms with E-state index in [9.17, 15) is 0 Å². The van der Waals surface area contributed by atoms with Gasteiger partial charge in [-0.2, -0.15) is 0 Å². The monoisotopic (exact) mass is 333 g/mol. The van der Waals surface area contributed by atoms with Crippen molar-refractivity contribution in [2.75, 3.05) is 26.3 Å². The Labute approximate surface area is 145 Å². The van der Waals surface area contributed by atoms with Crippen molar-refractivity contribution >= 4 is 5.96 Å². The molecule has 1 aromatic rings. The quantitative estimate of drug-likeness (QED) is 0.567. The number of benzene rings is 1. The van der Waals surface area contributed by atoms with Crippen LogP contribution in [0.2, 0.25) is 0 Å². The number of hydrogen-bond donors (Lipinski definition) is 2. The SMILES string of the molecule is CCNC(=NCc1ccc(C)cc1OCC)NCCC1CCCO1. The first kappa shape index (κ1) is 18.6. The van der Waals surface area contributed by atoms with E-state index < -0.39 is 0 Å². The third-order valence-corrected chi connectivity index (χ3v) is 4.06. The maximum absolute atomic E-state index is 5.73. The number of guanidine groups is 1. The molecule has 0 amide bonds. The highest BCUT2D eigenvalue weighted by Gasteiger charge is 2.14. The van der Waals surface area contributed by atoms with Gasteiger partial charge in [0, 0.05) is 25.3 Å². The van der Waals surface area contributed by atoms with E-state index in [4.69, 9.17) is 14.5 Å². The van der Waals surface area contributed by atoms with Crippen LogP contribution >= 0.6 is 0 Å². The Hall–Kier alpha value is -1.75. The van der Waals surface area contributed by atoms with Gasteiger partial charge in [0.15, 0.2) is 5.96 Å². The number of aliphatic imine (C=N–C) groups is 1. The van der Waals surface area contributed by atoms with Crippen molar-refractivity contribution in [3.63, 3.8) is 0 Å². The Morgan fingerprint density at radius 2 is 2.21 bits per heavy atom. The van der Waals surface area contributed by atoms with E-state index in [1.54, 1.807) is 0 Å². The minimum Gasteiger partial charge on any atom is -0.494 e. The molecule has 2 N–H and O–H groups in total. The largest absolute Gasteiger partial charge is 0.494 e. The summed E-state index contributed by atoms with van der Waals surface area (Å²) in [5.41, 5.74) is 2.31. The lowest BCUT2D eigenvalue weighted by molar-refractivity contribution is 0.105. The summed E-state index contributed by atoms with van der Waals surface area (Å²) in [6, 6.07) is 6.27. The third-order valence-electron chi connectivity index (χ3n) is 4.06. The first-order chi connectivity index (χ1) is 11.7. The predicted octanol–water partition coefficient (Wildman–Crippen LogP) is 3.02. The maximum atomic E-state index is 5.73. The highest BCUT2D eigenvalue weighted by Crippen LogP contribution is 2.21. The van der Waals surface area contributed by atoms with E-state index in [1.807, 2.05) is 6.92 Å². The van der Waals surface area contributed by atoms with Gasteiger partial charge in [-0.15, -0.1) is 0 Å². The van der Waals surface area contributed by atoms with Gasteiger partial charge in [-0.25, -0.2) is 4.99 Å². The average Bonchev–Trinajstić information content (AvgIpc) is 3.07. The number of ether oxygens (including phenoxy) is 2. The second-order valence-corrected chi connectivity index (χ2v) is 6.09. The zero-order chi connectivity index (χ0) is 17.2. The highest BCUT2D eigenvalue weighted by atomic mass is 16.5. The van der Waals surface area contributed by atoms with Gasteiger partial charge in [0.1, 0.15) is 5.75 Å². The minimum atomic E-state index is 0.405. The smallest absolute Gasteiger partial charge is 0.191 e. The Kier molecular flexibility index (Phi) is 7.89. The number of nitrogens with zero attached hydrogens (tertiary/aromatic N) is 1. The van der Waals surface area contributed by atoms with E-state index in [2.05, 4.69) is 42.7 Å². The summed E-state index contributed by atoms with van der Waals surface area (Å²) in [6.07, 6.45) is 3.80. The molecule has 5 nitrogen and oxygen atoms in total. The Bertz CT molecular complexity index is 525. The lowest BCUT2D eigenvalue weighted by Gasteiger charge is -2.14. The van der Waals surface area contributed by atoms with Crippen LogP contribution in [0.5, 0.6) is 5.75 Å². The Balaban J connectivity index is 1.91. The number of nitrogens with one attached hydrogen (secondary N) is 2. The Morgan fingerprint density at radius 1 is 1.33 bits per heavy atom. The topological polar surface area (TPSA) is 54.9 Å². The van der Waals surface area contributed by atoms with E-state index in [0.29, 0.717) is 19.3 Å². The standard InChI is InChI=1S/C19H31N3O2/c1-4-20-19(21-11-10-17-7-6-12-24-17)22-14-16-9-8-15(3)13-18(16)23-5-2/h8-9,13,17H,4-7,10-12,14H2,1-3H3,(H2,20,21,22). The fourth-order valence-electron chi connectivity index (χ4n) is 2.81. The molecule has 1 aliphatic rings. The lowest BCUT2D eigenvalue weighted by Crippen LogP contribution is -2.38. The van der Waals surface area contributed by atoms with Gasteiger partial charge in [0.2, 0.25) is 0 Å². The average molecular weight is 333 g/mol. The molecule has 1 unspecified atom stereocenters. The third kappa shape index (κ3) is 6.04. The van der Waals surface area contributed by atoms with Gasteiger partial charge in [-0.05, 0) is 51.7 Å². The lowest BCUT2D eigenvalue weighted by atomic mass is 10.1. The van der Waals surface area contributed by atoms with E-state index in [1.165, 1.54) is 18.4 Å². The van der Waals surface area contributed by atoms with Crippen molar-refractivity contribution in [1.82, 2.24) is 10.6 Å². The van der Waals surface area contributed by atoms with Gasteiger partial charge in [-0.3, -0.25) is 0 Å². The molecule has 1 heterocycles. The van der Waals surface area contributed by atoms with Gasteiger partial charge in [0.25, 0.3) is 0 Å². The molecular weight excluding hydrogens is 302 g/mol. The molecule has 0 spiro atoms. The molecule has 1 fully saturated rings. The highest BCUT2D eigenvalue weighted by molar-refractivity contribution is 5.79. The normalized spacial score (nSPS) is 17.8. The molecular formula is C19H31N3O2. The number of hydrogen-bond acceptors (Lipinski definition) is 3. The molecule has 1 aromatic carbocycles. The zero-order valence-electron chi connectivity index (χ0n) is 15.2. The first-order valence-corrected chi connectivity index (χ1v) is 9.09. The number of aryl methyl sites for hydroxylation is 1. The van der Waals surface area contributed by atoms with E-state index >= 15 is 0 Å². The van der Waals surface area contributed by atoms with Crippen LogP contribution < -0.4 is 15.4 Å². The van der Waals surface area contributed by atoms with Crippen LogP contribution in [0.25, 0.3) is 0 Å². The molecule has 0 aliphatic carbocycles. The fourth-order valence-corrected chi connectivity index (χ4v) is 2.81. The molecule has 2 rings (SSSR count). The van der Waals surface area contributed by atoms with Crippen molar-refractivity contribution in [3.8, 4) is 5.75 Å². The van der Waals surface area contributed by atoms with Gasteiger partial charge in [-0.1, -0.05) is 12.1 Å². The number of rotatable bonds is 8. The van der Waals surface area contributed by atoms with Crippen LogP contribution in [0.3, 0.4) is 0 Å². The van der Waals surface area contributed by atoms with Crippen LogP contribution in [0.4, 0.5) is 0 Å². The van der Waals surface area contributed by atoms with Gasteiger partial charge in [0.05, 0.1) is 19.3 Å². The predicted molar refractivity (Wildman–Crippen MR) is 98.8 cm³/mol. The fraction of sp³-hybridized carbons (Fsp3) is 0.632. The summed E-state index contributed by atoms with van der Waals surface area (Å²) in [4.78, 5) is 4.69. The zero-order valence-corrected chi connectivity index (χ0v) is 15.2. The van der Waals surface area contributed by atoms with Crippen molar-refractivity contribution in [2.24, 2.45) is 4.99 Å². The molecule has 0 saturated carbocycles. The molecule has 24 heavy (non-hydrogen) atoms. The molecule has 0 aromatic heterocycles. The molecule has 1 saturated heterocycles. The van der Waals surface area contributed by atoms with Gasteiger partial charge < -0.3 is 20.1 Å². The van der Waals surface area contributed by atoms with E-state index in [0.717, 1.165) is 43.4 Å². The summed E-state index contributed by atoms with van der Waals surface area (Å²) in [7, 11) is 0. The van der Waals surface area contributed by atoms with Crippen LogP contribution in [0, 0.1) is 6.92 Å². The first-order valence-electron chi connectivity index (χ1n) is 9.09. The summed E-state index contributed by atoms with van der Waals surface area (Å²) >= 11 is 0. The van der Waals surface area contributed by atoms with E-state index in [-0.39, 0.29) is 0 Å². The van der Waals surface area contributed by atoms with Crippen molar-refractivity contribution < 1.29 is 9.47 Å². The maximum Gasteiger partial charge on any atom is 0.191 e. The van der Waals surface area contributed by atoms with Gasteiger partial charge >= 0.3 is 0 Å². The summed E-state index contributed by atoms with van der Waals surface area (Å²) in [5, 5.41) is 6.70. The van der Waals surface area contributed by atoms with Crippen molar-refractivity contribution in [3.05, 3.63) is 29.3 Å². The second-order valence-electron chi connectivity index (χ2n) is 6.09. The minimum absolute atomic E-state index is 0.405. The molecule has 1 atom stereocenters. The molecule has 5 heteroatoms. The van der Waals surface area contributed by atoms with Crippen molar-refractivity contribution in [1.29, 1.82) is 0 Å².